The highest BCUT2D eigenvalue weighted by atomic mass is 19.1. The molecule has 2 fully saturated rings. The fourth-order valence-electron chi connectivity index (χ4n) is 6.73. The van der Waals surface area contributed by atoms with E-state index < -0.39 is 47.3 Å². The number of nitrogens with zero attached hydrogens (tertiary/aromatic N) is 4. The van der Waals surface area contributed by atoms with Gasteiger partial charge in [0.05, 0.1) is 13.1 Å². The van der Waals surface area contributed by atoms with E-state index in [2.05, 4.69) is 0 Å². The van der Waals surface area contributed by atoms with E-state index in [1.54, 1.807) is 92.7 Å². The third kappa shape index (κ3) is 6.31. The van der Waals surface area contributed by atoms with Gasteiger partial charge in [0.2, 0.25) is 0 Å². The molecule has 2 unspecified atom stereocenters. The number of benzene rings is 4. The van der Waals surface area contributed by atoms with Gasteiger partial charge in [0, 0.05) is 38.1 Å². The minimum absolute atomic E-state index is 0.138. The molecule has 51 heavy (non-hydrogen) atoms. The Kier molecular flexibility index (Phi) is 9.16. The number of imide groups is 2. The number of urea groups is 2. The molecular weight excluding hydrogens is 651 g/mol. The van der Waals surface area contributed by atoms with Gasteiger partial charge in [-0.05, 0) is 48.2 Å². The van der Waals surface area contributed by atoms with Crippen molar-refractivity contribution in [2.75, 3.05) is 27.2 Å². The van der Waals surface area contributed by atoms with E-state index in [1.807, 2.05) is 18.2 Å². The number of carbonyl (C=O) groups excluding carboxylic acids is 6. The summed E-state index contributed by atoms with van der Waals surface area (Å²) >= 11 is 0. The average Bonchev–Trinajstić information content (AvgIpc) is 3.39. The van der Waals surface area contributed by atoms with Gasteiger partial charge in [-0.2, -0.15) is 0 Å². The number of amides is 6. The normalized spacial score (nSPS) is 20.5. The SMILES string of the molecule is CN1C(=O)N(CC(=O)c2ccccc2)C(=O)C1(C)Cc1cccc(-c2ccc(F)c(CC3(C)C(=O)N(CC(=O)c4ccccc4)C(=O)N3C)c2)c1. The van der Waals surface area contributed by atoms with Crippen molar-refractivity contribution in [3.8, 4) is 11.1 Å². The molecule has 0 N–H and O–H groups in total. The first kappa shape index (κ1) is 34.9. The Labute approximate surface area is 295 Å². The number of rotatable bonds is 11. The van der Waals surface area contributed by atoms with Crippen LogP contribution >= 0.6 is 0 Å². The molecule has 260 valence electrons. The van der Waals surface area contributed by atoms with Crippen molar-refractivity contribution in [2.45, 2.75) is 37.8 Å². The van der Waals surface area contributed by atoms with E-state index in [4.69, 9.17) is 0 Å². The molecule has 2 atom stereocenters. The van der Waals surface area contributed by atoms with Crippen LogP contribution in [0.15, 0.2) is 103 Å². The summed E-state index contributed by atoms with van der Waals surface area (Å²) in [4.78, 5) is 83.9. The lowest BCUT2D eigenvalue weighted by Gasteiger charge is -2.29. The number of likely N-dealkylation sites (N-methyl/N-ethyl adjacent to an activating group) is 2. The van der Waals surface area contributed by atoms with Gasteiger partial charge in [-0.3, -0.25) is 29.0 Å². The first-order valence-electron chi connectivity index (χ1n) is 16.5. The Morgan fingerprint density at radius 3 is 1.57 bits per heavy atom. The maximum Gasteiger partial charge on any atom is 0.327 e. The molecule has 11 heteroatoms. The highest BCUT2D eigenvalue weighted by Gasteiger charge is 2.54. The van der Waals surface area contributed by atoms with Crippen LogP contribution in [0.2, 0.25) is 0 Å². The fourth-order valence-corrected chi connectivity index (χ4v) is 6.73. The van der Waals surface area contributed by atoms with Gasteiger partial charge in [-0.25, -0.2) is 14.0 Å². The first-order valence-corrected chi connectivity index (χ1v) is 16.5. The number of carbonyl (C=O) groups is 6. The largest absolute Gasteiger partial charge is 0.327 e. The predicted molar refractivity (Wildman–Crippen MR) is 187 cm³/mol. The van der Waals surface area contributed by atoms with Crippen molar-refractivity contribution in [1.29, 1.82) is 0 Å². The van der Waals surface area contributed by atoms with E-state index in [0.29, 0.717) is 22.3 Å². The molecule has 2 saturated heterocycles. The molecule has 2 heterocycles. The van der Waals surface area contributed by atoms with Crippen LogP contribution in [0.3, 0.4) is 0 Å². The van der Waals surface area contributed by atoms with Crippen molar-refractivity contribution < 1.29 is 33.2 Å². The van der Waals surface area contributed by atoms with Gasteiger partial charge >= 0.3 is 12.1 Å². The molecule has 0 spiro atoms. The standard InChI is InChI=1S/C40H37FN4O6/c1-39(35(48)44(37(50)42(39)3)24-33(46)27-13-7-5-8-14-27)22-26-12-11-17-29(20-26)30-18-19-32(41)31(21-30)23-40(2)36(49)45(38(51)43(40)4)25-34(47)28-15-9-6-10-16-28/h5-21H,22-25H2,1-4H3. The Hall–Kier alpha value is -5.97. The number of hydrogen-bond acceptors (Lipinski definition) is 6. The lowest BCUT2D eigenvalue weighted by Crippen LogP contribution is -2.47. The number of hydrogen-bond donors (Lipinski definition) is 0. The lowest BCUT2D eigenvalue weighted by atomic mass is 9.88. The van der Waals surface area contributed by atoms with E-state index >= 15 is 4.39 Å². The van der Waals surface area contributed by atoms with Crippen molar-refractivity contribution in [3.05, 3.63) is 131 Å². The quantitative estimate of drug-likeness (QED) is 0.149. The molecule has 6 rings (SSSR count). The van der Waals surface area contributed by atoms with Crippen molar-refractivity contribution in [3.63, 3.8) is 0 Å². The molecule has 0 aliphatic carbocycles. The van der Waals surface area contributed by atoms with Gasteiger partial charge < -0.3 is 9.80 Å². The predicted octanol–water partition coefficient (Wildman–Crippen LogP) is 5.65. The van der Waals surface area contributed by atoms with Crippen LogP contribution < -0.4 is 0 Å². The Morgan fingerprint density at radius 2 is 1.06 bits per heavy atom. The second-order valence-electron chi connectivity index (χ2n) is 13.5. The summed E-state index contributed by atoms with van der Waals surface area (Å²) in [6.45, 7) is 2.42. The minimum atomic E-state index is -1.45. The summed E-state index contributed by atoms with van der Waals surface area (Å²) in [6.07, 6.45) is 0.0173. The van der Waals surface area contributed by atoms with Gasteiger partial charge in [0.1, 0.15) is 16.9 Å². The Bertz CT molecular complexity index is 2070. The monoisotopic (exact) mass is 688 g/mol. The highest BCUT2D eigenvalue weighted by molar-refractivity contribution is 6.12. The molecule has 10 nitrogen and oxygen atoms in total. The second-order valence-corrected chi connectivity index (χ2v) is 13.5. The lowest BCUT2D eigenvalue weighted by molar-refractivity contribution is -0.132. The molecule has 0 radical (unpaired) electrons. The summed E-state index contributed by atoms with van der Waals surface area (Å²) in [6, 6.07) is 27.5. The Morgan fingerprint density at radius 1 is 0.588 bits per heavy atom. The summed E-state index contributed by atoms with van der Waals surface area (Å²) in [5.41, 5.74) is 0.334. The molecule has 2 aliphatic rings. The maximum atomic E-state index is 15.4. The van der Waals surface area contributed by atoms with Gasteiger partial charge in [0.15, 0.2) is 11.6 Å². The number of Topliss-reactive ketones (excluding diaryl/α,β-unsaturated/α-hetero) is 2. The van der Waals surface area contributed by atoms with E-state index in [9.17, 15) is 28.8 Å². The summed E-state index contributed by atoms with van der Waals surface area (Å²) < 4.78 is 15.4. The zero-order valence-corrected chi connectivity index (χ0v) is 28.8. The zero-order valence-electron chi connectivity index (χ0n) is 28.8. The van der Waals surface area contributed by atoms with Crippen LogP contribution in [0.25, 0.3) is 11.1 Å². The third-order valence-corrected chi connectivity index (χ3v) is 10.1. The summed E-state index contributed by atoms with van der Waals surface area (Å²) in [5.74, 6) is -2.38. The van der Waals surface area contributed by atoms with E-state index in [1.165, 1.54) is 30.0 Å². The number of halogens is 1. The fraction of sp³-hybridized carbons (Fsp3) is 0.250. The first-order chi connectivity index (χ1) is 24.2. The zero-order chi connectivity index (χ0) is 36.7. The van der Waals surface area contributed by atoms with E-state index in [0.717, 1.165) is 15.4 Å². The average molecular weight is 689 g/mol. The minimum Gasteiger partial charge on any atom is -0.313 e. The van der Waals surface area contributed by atoms with Gasteiger partial charge in [-0.1, -0.05) is 91.0 Å². The van der Waals surface area contributed by atoms with Crippen LogP contribution in [0.5, 0.6) is 0 Å². The molecule has 4 aromatic carbocycles. The Balaban J connectivity index is 1.20. The molecule has 6 amide bonds. The molecule has 0 bridgehead atoms. The second kappa shape index (κ2) is 13.4. The molecular formula is C40H37FN4O6. The van der Waals surface area contributed by atoms with E-state index in [-0.39, 0.29) is 36.5 Å². The van der Waals surface area contributed by atoms with Crippen LogP contribution in [-0.2, 0) is 22.4 Å². The van der Waals surface area contributed by atoms with Gasteiger partial charge in [0.25, 0.3) is 11.8 Å². The third-order valence-electron chi connectivity index (χ3n) is 10.1. The molecule has 0 saturated carbocycles. The summed E-state index contributed by atoms with van der Waals surface area (Å²) in [7, 11) is 3.00. The highest BCUT2D eigenvalue weighted by Crippen LogP contribution is 2.34. The molecule has 4 aromatic rings. The van der Waals surface area contributed by atoms with Crippen molar-refractivity contribution in [2.24, 2.45) is 0 Å². The van der Waals surface area contributed by atoms with Crippen LogP contribution in [0, 0.1) is 5.82 Å². The number of ketones is 2. The van der Waals surface area contributed by atoms with Crippen LogP contribution in [0.4, 0.5) is 14.0 Å². The molecule has 0 aromatic heterocycles. The van der Waals surface area contributed by atoms with Gasteiger partial charge in [-0.15, -0.1) is 0 Å². The topological polar surface area (TPSA) is 115 Å². The van der Waals surface area contributed by atoms with Crippen LogP contribution in [-0.4, -0.2) is 93.3 Å². The summed E-state index contributed by atoms with van der Waals surface area (Å²) in [5, 5.41) is 0. The van der Waals surface area contributed by atoms with Crippen LogP contribution in [0.1, 0.15) is 45.7 Å². The van der Waals surface area contributed by atoms with Crippen molar-refractivity contribution >= 4 is 35.4 Å². The molecule has 2 aliphatic heterocycles. The maximum absolute atomic E-state index is 15.4. The smallest absolute Gasteiger partial charge is 0.313 e. The van der Waals surface area contributed by atoms with Crippen molar-refractivity contribution in [1.82, 2.24) is 19.6 Å².